The lowest BCUT2D eigenvalue weighted by Crippen LogP contribution is -2.13. The molecule has 0 fully saturated rings. The fourth-order valence-electron chi connectivity index (χ4n) is 2.48. The van der Waals surface area contributed by atoms with Crippen LogP contribution in [0, 0.1) is 0 Å². The maximum atomic E-state index is 6.16. The van der Waals surface area contributed by atoms with Crippen molar-refractivity contribution in [1.29, 1.82) is 0 Å². The fourth-order valence-corrected chi connectivity index (χ4v) is 2.87. The van der Waals surface area contributed by atoms with E-state index in [1.165, 1.54) is 0 Å². The van der Waals surface area contributed by atoms with Gasteiger partial charge in [0.2, 0.25) is 0 Å². The summed E-state index contributed by atoms with van der Waals surface area (Å²) < 4.78 is 6.29. The van der Waals surface area contributed by atoms with Crippen LogP contribution < -0.4 is 15.8 Å². The van der Waals surface area contributed by atoms with Gasteiger partial charge in [-0.2, -0.15) is 0 Å². The molecule has 2 aromatic carbocycles. The minimum absolute atomic E-state index is 0.378. The Balaban J connectivity index is 1.98. The third kappa shape index (κ3) is 4.54. The van der Waals surface area contributed by atoms with E-state index in [1.54, 1.807) is 19.5 Å². The van der Waals surface area contributed by atoms with Crippen molar-refractivity contribution in [1.82, 2.24) is 4.98 Å². The van der Waals surface area contributed by atoms with Crippen LogP contribution in [0.1, 0.15) is 11.1 Å². The summed E-state index contributed by atoms with van der Waals surface area (Å²) in [6.07, 6.45) is 3.37. The molecule has 1 aromatic heterocycles. The summed E-state index contributed by atoms with van der Waals surface area (Å²) in [5.74, 6) is 1.09. The smallest absolute Gasteiger partial charge is 0.132 e. The molecule has 3 rings (SSSR count). The number of benzene rings is 2. The Labute approximate surface area is 166 Å². The second-order valence-corrected chi connectivity index (χ2v) is 6.56. The number of aliphatic imine (C=N–C) groups is 1. The molecule has 0 aliphatic heterocycles. The van der Waals surface area contributed by atoms with Gasteiger partial charge in [0.25, 0.3) is 0 Å². The van der Waals surface area contributed by atoms with E-state index in [9.17, 15) is 0 Å². The lowest BCUT2D eigenvalue weighted by molar-refractivity contribution is 0.414. The van der Waals surface area contributed by atoms with Gasteiger partial charge in [-0.3, -0.25) is 4.98 Å². The van der Waals surface area contributed by atoms with Crippen LogP contribution in [0.4, 0.5) is 11.4 Å². The Morgan fingerprint density at radius 1 is 1.19 bits per heavy atom. The van der Waals surface area contributed by atoms with Crippen LogP contribution in [0.2, 0.25) is 0 Å². The number of nitrogens with zero attached hydrogens (tertiary/aromatic N) is 2. The highest BCUT2D eigenvalue weighted by atomic mass is 79.9. The van der Waals surface area contributed by atoms with Crippen LogP contribution in [0.3, 0.4) is 0 Å². The van der Waals surface area contributed by atoms with Gasteiger partial charge in [0, 0.05) is 33.7 Å². The van der Waals surface area contributed by atoms with E-state index in [-0.39, 0.29) is 0 Å². The first-order valence-electron chi connectivity index (χ1n) is 8.22. The van der Waals surface area contributed by atoms with Crippen molar-refractivity contribution in [3.05, 3.63) is 89.2 Å². The number of nitrogens with one attached hydrogen (secondary N) is 1. The highest BCUT2D eigenvalue weighted by molar-refractivity contribution is 9.10. The molecule has 0 saturated carbocycles. The van der Waals surface area contributed by atoms with Gasteiger partial charge in [-0.25, -0.2) is 4.99 Å². The highest BCUT2D eigenvalue weighted by Gasteiger charge is 2.10. The zero-order valence-electron chi connectivity index (χ0n) is 14.8. The third-order valence-electron chi connectivity index (χ3n) is 3.89. The molecule has 27 heavy (non-hydrogen) atoms. The predicted octanol–water partition coefficient (Wildman–Crippen LogP) is 4.97. The molecular weight excluding hydrogens is 404 g/mol. The van der Waals surface area contributed by atoms with E-state index < -0.39 is 0 Å². The number of anilines is 1. The van der Waals surface area contributed by atoms with Gasteiger partial charge >= 0.3 is 0 Å². The molecule has 0 aliphatic carbocycles. The summed E-state index contributed by atoms with van der Waals surface area (Å²) in [6, 6.07) is 17.1. The summed E-state index contributed by atoms with van der Waals surface area (Å²) in [6.45, 7) is 4.17. The van der Waals surface area contributed by atoms with Crippen LogP contribution in [0.15, 0.2) is 83.0 Å². The van der Waals surface area contributed by atoms with Crippen molar-refractivity contribution < 1.29 is 4.74 Å². The van der Waals surface area contributed by atoms with Crippen LogP contribution in [-0.4, -0.2) is 17.9 Å². The Hall–Kier alpha value is -3.12. The molecule has 6 heteroatoms. The molecule has 5 nitrogen and oxygen atoms in total. The molecule has 0 radical (unpaired) electrons. The monoisotopic (exact) mass is 422 g/mol. The first-order chi connectivity index (χ1) is 13.1. The SMILES string of the molecule is C=C(Nc1ccccc1Br)c1cc(OC)ccc1N=C(N)c1cccnc1. The van der Waals surface area contributed by atoms with Gasteiger partial charge in [-0.15, -0.1) is 0 Å². The number of hydrogen-bond donors (Lipinski definition) is 2. The molecular formula is C21H19BrN4O. The summed E-state index contributed by atoms with van der Waals surface area (Å²) in [4.78, 5) is 8.66. The maximum absolute atomic E-state index is 6.16. The van der Waals surface area contributed by atoms with Crippen molar-refractivity contribution in [3.63, 3.8) is 0 Å². The number of methoxy groups -OCH3 is 1. The molecule has 3 aromatic rings. The molecule has 0 bridgehead atoms. The molecule has 3 N–H and O–H groups in total. The lowest BCUT2D eigenvalue weighted by atomic mass is 10.1. The molecule has 136 valence electrons. The zero-order chi connectivity index (χ0) is 19.2. The topological polar surface area (TPSA) is 72.5 Å². The number of halogens is 1. The summed E-state index contributed by atoms with van der Waals surface area (Å²) in [5, 5.41) is 3.31. The number of pyridine rings is 1. The molecule has 0 unspecified atom stereocenters. The molecule has 0 saturated heterocycles. The van der Waals surface area contributed by atoms with Gasteiger partial charge in [0.05, 0.1) is 18.5 Å². The fraction of sp³-hybridized carbons (Fsp3) is 0.0476. The highest BCUT2D eigenvalue weighted by Crippen LogP contribution is 2.32. The number of para-hydroxylation sites is 1. The number of nitrogens with two attached hydrogens (primary N) is 1. The summed E-state index contributed by atoms with van der Waals surface area (Å²) >= 11 is 3.53. The minimum atomic E-state index is 0.378. The van der Waals surface area contributed by atoms with Gasteiger partial charge in [0.1, 0.15) is 11.6 Å². The Bertz CT molecular complexity index is 986. The van der Waals surface area contributed by atoms with E-state index in [0.29, 0.717) is 23.0 Å². The van der Waals surface area contributed by atoms with Crippen LogP contribution in [-0.2, 0) is 0 Å². The molecule has 0 spiro atoms. The Morgan fingerprint density at radius 2 is 2.00 bits per heavy atom. The van der Waals surface area contributed by atoms with Crippen LogP contribution in [0.5, 0.6) is 5.75 Å². The summed E-state index contributed by atoms with van der Waals surface area (Å²) in [5.41, 5.74) is 9.97. The van der Waals surface area contributed by atoms with E-state index in [4.69, 9.17) is 10.5 Å². The van der Waals surface area contributed by atoms with Crippen molar-refractivity contribution >= 4 is 38.8 Å². The number of hydrogen-bond acceptors (Lipinski definition) is 4. The number of aromatic nitrogens is 1. The normalized spacial score (nSPS) is 11.1. The largest absolute Gasteiger partial charge is 0.497 e. The van der Waals surface area contributed by atoms with Gasteiger partial charge in [-0.1, -0.05) is 18.7 Å². The second kappa shape index (κ2) is 8.51. The standard InChI is InChI=1S/C21H19BrN4O/c1-14(25-20-8-4-3-7-18(20)22)17-12-16(27-2)9-10-19(17)26-21(23)15-6-5-11-24-13-15/h3-13,25H,1H2,2H3,(H2,23,26). The summed E-state index contributed by atoms with van der Waals surface area (Å²) in [7, 11) is 1.62. The molecule has 1 heterocycles. The quantitative estimate of drug-likeness (QED) is 0.434. The predicted molar refractivity (Wildman–Crippen MR) is 114 cm³/mol. The van der Waals surface area contributed by atoms with E-state index in [2.05, 4.69) is 37.8 Å². The minimum Gasteiger partial charge on any atom is -0.497 e. The molecule has 0 aliphatic rings. The zero-order valence-corrected chi connectivity index (χ0v) is 16.4. The van der Waals surface area contributed by atoms with Crippen LogP contribution in [0.25, 0.3) is 5.70 Å². The van der Waals surface area contributed by atoms with E-state index in [0.717, 1.165) is 21.3 Å². The Morgan fingerprint density at radius 3 is 2.70 bits per heavy atom. The van der Waals surface area contributed by atoms with Crippen LogP contribution >= 0.6 is 15.9 Å². The van der Waals surface area contributed by atoms with Crippen molar-refractivity contribution in [2.45, 2.75) is 0 Å². The average Bonchev–Trinajstić information content (AvgIpc) is 2.70. The lowest BCUT2D eigenvalue weighted by Gasteiger charge is -2.15. The van der Waals surface area contributed by atoms with Crippen molar-refractivity contribution in [2.75, 3.05) is 12.4 Å². The average molecular weight is 423 g/mol. The third-order valence-corrected chi connectivity index (χ3v) is 4.58. The first-order valence-corrected chi connectivity index (χ1v) is 9.01. The number of amidine groups is 1. The van der Waals surface area contributed by atoms with E-state index in [1.807, 2.05) is 54.6 Å². The molecule has 0 amide bonds. The number of rotatable bonds is 6. The second-order valence-electron chi connectivity index (χ2n) is 5.71. The van der Waals surface area contributed by atoms with Crippen molar-refractivity contribution in [3.8, 4) is 5.75 Å². The van der Waals surface area contributed by atoms with Gasteiger partial charge < -0.3 is 15.8 Å². The maximum Gasteiger partial charge on any atom is 0.132 e. The Kier molecular flexibility index (Phi) is 5.88. The van der Waals surface area contributed by atoms with Gasteiger partial charge in [0.15, 0.2) is 0 Å². The van der Waals surface area contributed by atoms with Gasteiger partial charge in [-0.05, 0) is 58.4 Å². The number of ether oxygens (including phenoxy) is 1. The van der Waals surface area contributed by atoms with Crippen molar-refractivity contribution in [2.24, 2.45) is 10.7 Å². The molecule has 0 atom stereocenters. The first kappa shape index (κ1) is 18.7. The van der Waals surface area contributed by atoms with E-state index >= 15 is 0 Å².